The Morgan fingerprint density at radius 3 is 3.00 bits per heavy atom. The summed E-state index contributed by atoms with van der Waals surface area (Å²) in [4.78, 5) is 8.09. The summed E-state index contributed by atoms with van der Waals surface area (Å²) >= 11 is 0. The van der Waals surface area contributed by atoms with Crippen molar-refractivity contribution < 1.29 is 17.9 Å². The maximum atomic E-state index is 12.7. The largest absolute Gasteiger partial charge is 0.481 e. The molecule has 0 aromatic carbocycles. The molecule has 0 bridgehead atoms. The zero-order valence-electron chi connectivity index (χ0n) is 12.8. The van der Waals surface area contributed by atoms with E-state index in [1.54, 1.807) is 10.7 Å². The molecule has 0 saturated carbocycles. The van der Waals surface area contributed by atoms with Gasteiger partial charge in [-0.2, -0.15) is 10.1 Å². The van der Waals surface area contributed by atoms with Gasteiger partial charge in [0.2, 0.25) is 11.8 Å². The van der Waals surface area contributed by atoms with E-state index in [1.165, 1.54) is 32.7 Å². The van der Waals surface area contributed by atoms with Crippen LogP contribution in [-0.2, 0) is 14.8 Å². The zero-order valence-corrected chi connectivity index (χ0v) is 13.6. The van der Waals surface area contributed by atoms with E-state index in [9.17, 15) is 8.42 Å². The molecule has 1 atom stereocenters. The summed E-state index contributed by atoms with van der Waals surface area (Å²) in [6.07, 6.45) is 5.08. The lowest BCUT2D eigenvalue weighted by Crippen LogP contribution is -2.28. The molecule has 2 aromatic rings. The Balaban J connectivity index is 1.88. The first-order valence-corrected chi connectivity index (χ1v) is 8.44. The Labute approximate surface area is 133 Å². The predicted molar refractivity (Wildman–Crippen MR) is 80.9 cm³/mol. The number of nitrogens with zero attached hydrogens (tertiary/aromatic N) is 5. The van der Waals surface area contributed by atoms with E-state index in [1.807, 2.05) is 0 Å². The van der Waals surface area contributed by atoms with Gasteiger partial charge < -0.3 is 9.47 Å². The first-order valence-electron chi connectivity index (χ1n) is 7.00. The molecule has 2 aromatic heterocycles. The molecule has 124 valence electrons. The highest BCUT2D eigenvalue weighted by atomic mass is 32.2. The Hall–Kier alpha value is -2.20. The second-order valence-corrected chi connectivity index (χ2v) is 7.01. The van der Waals surface area contributed by atoms with Crippen LogP contribution in [0.1, 0.15) is 12.5 Å². The summed E-state index contributed by atoms with van der Waals surface area (Å²) in [6, 6.07) is 1.61. The monoisotopic (exact) mass is 339 g/mol. The summed E-state index contributed by atoms with van der Waals surface area (Å²) < 4.78 is 38.3. The minimum atomic E-state index is -3.80. The zero-order chi connectivity index (χ0) is 16.4. The normalized spacial score (nSPS) is 18.1. The maximum Gasteiger partial charge on any atom is 0.269 e. The first-order chi connectivity index (χ1) is 11.0. The van der Waals surface area contributed by atoms with Crippen LogP contribution < -0.4 is 9.04 Å². The quantitative estimate of drug-likeness (QED) is 0.780. The second kappa shape index (κ2) is 6.13. The van der Waals surface area contributed by atoms with Gasteiger partial charge in [0, 0.05) is 32.1 Å². The van der Waals surface area contributed by atoms with Crippen LogP contribution in [0, 0.1) is 0 Å². The third-order valence-corrected chi connectivity index (χ3v) is 5.31. The topological polar surface area (TPSA) is 99.4 Å². The van der Waals surface area contributed by atoms with Crippen molar-refractivity contribution in [2.24, 2.45) is 0 Å². The number of aromatic nitrogens is 4. The van der Waals surface area contributed by atoms with Gasteiger partial charge in [-0.05, 0) is 6.42 Å². The van der Waals surface area contributed by atoms with E-state index in [4.69, 9.17) is 9.47 Å². The lowest BCUT2D eigenvalue weighted by molar-refractivity contribution is 0.184. The van der Waals surface area contributed by atoms with Crippen molar-refractivity contribution in [2.45, 2.75) is 17.4 Å². The van der Waals surface area contributed by atoms with E-state index < -0.39 is 10.0 Å². The fraction of sp³-hybridized carbons (Fsp3) is 0.462. The van der Waals surface area contributed by atoms with Crippen molar-refractivity contribution in [1.82, 2.24) is 19.7 Å². The minimum absolute atomic E-state index is 0.0290. The molecule has 23 heavy (non-hydrogen) atoms. The van der Waals surface area contributed by atoms with E-state index >= 15 is 0 Å². The second-order valence-electron chi connectivity index (χ2n) is 5.04. The van der Waals surface area contributed by atoms with Gasteiger partial charge in [-0.3, -0.25) is 4.68 Å². The molecular weight excluding hydrogens is 322 g/mol. The fourth-order valence-electron chi connectivity index (χ4n) is 2.25. The number of anilines is 1. The third kappa shape index (κ3) is 2.99. The number of sulfonamides is 1. The standard InChI is InChI=1S/C13H17N5O4S/c1-17(13-14-5-3-12(16-13)21-2)23(19,20)11-7-15-18(8-11)10-4-6-22-9-10/h3,5,7-8,10H,4,6,9H2,1-2H3/t10-/m1/s1. The van der Waals surface area contributed by atoms with Crippen molar-refractivity contribution in [3.63, 3.8) is 0 Å². The van der Waals surface area contributed by atoms with Gasteiger partial charge in [0.1, 0.15) is 4.90 Å². The highest BCUT2D eigenvalue weighted by Crippen LogP contribution is 2.23. The molecule has 1 aliphatic rings. The molecule has 0 unspecified atom stereocenters. The molecule has 9 nitrogen and oxygen atoms in total. The van der Waals surface area contributed by atoms with Gasteiger partial charge in [0.05, 0.1) is 26.0 Å². The molecule has 0 amide bonds. The van der Waals surface area contributed by atoms with Gasteiger partial charge in [0.15, 0.2) is 0 Å². The third-order valence-electron chi connectivity index (χ3n) is 3.62. The molecule has 10 heteroatoms. The molecule has 1 aliphatic heterocycles. The summed E-state index contributed by atoms with van der Waals surface area (Å²) in [6.45, 7) is 1.19. The molecule has 1 saturated heterocycles. The first kappa shape index (κ1) is 15.7. The van der Waals surface area contributed by atoms with Crippen molar-refractivity contribution in [1.29, 1.82) is 0 Å². The summed E-state index contributed by atoms with van der Waals surface area (Å²) in [5.41, 5.74) is 0. The number of hydrogen-bond acceptors (Lipinski definition) is 7. The highest BCUT2D eigenvalue weighted by molar-refractivity contribution is 7.92. The number of hydrogen-bond donors (Lipinski definition) is 0. The molecule has 3 heterocycles. The maximum absolute atomic E-state index is 12.7. The van der Waals surface area contributed by atoms with E-state index in [2.05, 4.69) is 15.1 Å². The smallest absolute Gasteiger partial charge is 0.269 e. The fourth-order valence-corrected chi connectivity index (χ4v) is 3.29. The van der Waals surface area contributed by atoms with Crippen LogP contribution in [-0.4, -0.2) is 55.5 Å². The molecule has 0 spiro atoms. The Kier molecular flexibility index (Phi) is 4.18. The average molecular weight is 339 g/mol. The van der Waals surface area contributed by atoms with Gasteiger partial charge >= 0.3 is 0 Å². The number of methoxy groups -OCH3 is 1. The average Bonchev–Trinajstić information content (AvgIpc) is 3.25. The van der Waals surface area contributed by atoms with E-state index in [-0.39, 0.29) is 22.8 Å². The van der Waals surface area contributed by atoms with Gasteiger partial charge in [-0.15, -0.1) is 0 Å². The van der Waals surface area contributed by atoms with Crippen molar-refractivity contribution in [3.05, 3.63) is 24.7 Å². The number of rotatable bonds is 5. The van der Waals surface area contributed by atoms with Crippen molar-refractivity contribution in [2.75, 3.05) is 31.7 Å². The summed E-state index contributed by atoms with van der Waals surface area (Å²) in [5, 5.41) is 4.14. The predicted octanol–water partition coefficient (Wildman–Crippen LogP) is 0.468. The van der Waals surface area contributed by atoms with Crippen LogP contribution in [0.4, 0.5) is 5.95 Å². The molecule has 3 rings (SSSR count). The lowest BCUT2D eigenvalue weighted by atomic mass is 10.3. The summed E-state index contributed by atoms with van der Waals surface area (Å²) in [5.74, 6) is 0.317. The van der Waals surface area contributed by atoms with Crippen LogP contribution in [0.25, 0.3) is 0 Å². The Morgan fingerprint density at radius 1 is 1.48 bits per heavy atom. The van der Waals surface area contributed by atoms with Crippen LogP contribution in [0.5, 0.6) is 5.88 Å². The molecule has 1 fully saturated rings. The van der Waals surface area contributed by atoms with Crippen LogP contribution in [0.2, 0.25) is 0 Å². The van der Waals surface area contributed by atoms with Crippen LogP contribution >= 0.6 is 0 Å². The van der Waals surface area contributed by atoms with Crippen molar-refractivity contribution >= 4 is 16.0 Å². The molecule has 0 aliphatic carbocycles. The minimum Gasteiger partial charge on any atom is -0.481 e. The van der Waals surface area contributed by atoms with Gasteiger partial charge in [-0.25, -0.2) is 17.7 Å². The molecule has 0 N–H and O–H groups in total. The lowest BCUT2D eigenvalue weighted by Gasteiger charge is -2.16. The Morgan fingerprint density at radius 2 is 2.30 bits per heavy atom. The Bertz CT molecular complexity index is 785. The van der Waals surface area contributed by atoms with Gasteiger partial charge in [0.25, 0.3) is 10.0 Å². The highest BCUT2D eigenvalue weighted by Gasteiger charge is 2.27. The summed E-state index contributed by atoms with van der Waals surface area (Å²) in [7, 11) is -0.955. The van der Waals surface area contributed by atoms with E-state index in [0.717, 1.165) is 10.7 Å². The van der Waals surface area contributed by atoms with E-state index in [0.29, 0.717) is 13.2 Å². The molecular formula is C13H17N5O4S. The SMILES string of the molecule is COc1ccnc(N(C)S(=O)(=O)c2cnn([C@@H]3CCOC3)c2)n1. The number of ether oxygens (including phenoxy) is 2. The van der Waals surface area contributed by atoms with Crippen LogP contribution in [0.3, 0.4) is 0 Å². The van der Waals surface area contributed by atoms with Crippen molar-refractivity contribution in [3.8, 4) is 5.88 Å². The van der Waals surface area contributed by atoms with Crippen LogP contribution in [0.15, 0.2) is 29.6 Å². The van der Waals surface area contributed by atoms with Gasteiger partial charge in [-0.1, -0.05) is 0 Å². The molecule has 0 radical (unpaired) electrons.